The largest absolute Gasteiger partial charge is 0.459 e. The van der Waals surface area contributed by atoms with Gasteiger partial charge in [0, 0.05) is 31.5 Å². The number of hydrogen-bond acceptors (Lipinski definition) is 9. The van der Waals surface area contributed by atoms with Gasteiger partial charge in [0.05, 0.1) is 11.7 Å². The van der Waals surface area contributed by atoms with E-state index in [1.807, 2.05) is 19.1 Å². The van der Waals surface area contributed by atoms with Gasteiger partial charge in [-0.1, -0.05) is 25.1 Å². The van der Waals surface area contributed by atoms with E-state index in [9.17, 15) is 22.8 Å². The van der Waals surface area contributed by atoms with Gasteiger partial charge in [0.15, 0.2) is 0 Å². The van der Waals surface area contributed by atoms with E-state index >= 15 is 0 Å². The summed E-state index contributed by atoms with van der Waals surface area (Å²) in [5.74, 6) is -0.615. The fourth-order valence-corrected chi connectivity index (χ4v) is 5.60. The topological polar surface area (TPSA) is 148 Å². The van der Waals surface area contributed by atoms with Gasteiger partial charge in [-0.3, -0.25) is 19.5 Å². The highest BCUT2D eigenvalue weighted by Crippen LogP contribution is 2.25. The molecule has 12 nitrogen and oxygen atoms in total. The van der Waals surface area contributed by atoms with E-state index < -0.39 is 45.9 Å². The zero-order chi connectivity index (χ0) is 35.0. The number of amides is 2. The van der Waals surface area contributed by atoms with Crippen molar-refractivity contribution in [1.82, 2.24) is 14.7 Å². The summed E-state index contributed by atoms with van der Waals surface area (Å²) >= 11 is 0. The Labute approximate surface area is 277 Å². The fraction of sp³-hybridized carbons (Fsp3) is 0.441. The standard InChI is InChI=1S/C34H45N5O7S/c1-9-12-30(40)38(8)25-18-16-24(17-19-25)21-28(37-47(43,44)26-13-11-20-35-22-26)27-14-10-15-29(36-27)39(32(42)46-34(5,6)7)23-31(41)45-33(2,3)4/h10-11,13-20,22,28,37H,9,12,21,23H2,1-8H3. The maximum Gasteiger partial charge on any atom is 0.416 e. The van der Waals surface area contributed by atoms with Gasteiger partial charge in [-0.15, -0.1) is 0 Å². The molecule has 2 heterocycles. The Balaban J connectivity index is 2.03. The molecular formula is C34H45N5O7S. The second-order valence-corrected chi connectivity index (χ2v) is 14.7. The quantitative estimate of drug-likeness (QED) is 0.244. The minimum absolute atomic E-state index is 0.00991. The number of carbonyl (C=O) groups is 3. The summed E-state index contributed by atoms with van der Waals surface area (Å²) in [6.07, 6.45) is 3.22. The van der Waals surface area contributed by atoms with E-state index in [-0.39, 0.29) is 28.7 Å². The molecule has 0 fully saturated rings. The fourth-order valence-electron chi connectivity index (χ4n) is 4.43. The molecule has 2 aromatic heterocycles. The molecule has 1 aromatic carbocycles. The molecule has 0 aliphatic heterocycles. The van der Waals surface area contributed by atoms with Crippen LogP contribution in [0.1, 0.15) is 78.6 Å². The SMILES string of the molecule is CCCC(=O)N(C)c1ccc(CC(NS(=O)(=O)c2cccnc2)c2cccc(N(CC(=O)OC(C)(C)C)C(=O)OC(C)(C)C)n2)cc1. The maximum absolute atomic E-state index is 13.5. The van der Waals surface area contributed by atoms with Crippen LogP contribution in [-0.2, 0) is 35.5 Å². The molecule has 0 radical (unpaired) electrons. The van der Waals surface area contributed by atoms with Gasteiger partial charge >= 0.3 is 12.1 Å². The van der Waals surface area contributed by atoms with E-state index in [2.05, 4.69) is 14.7 Å². The van der Waals surface area contributed by atoms with Gasteiger partial charge < -0.3 is 14.4 Å². The predicted octanol–water partition coefficient (Wildman–Crippen LogP) is 5.59. The van der Waals surface area contributed by atoms with Crippen LogP contribution in [0.2, 0.25) is 0 Å². The second kappa shape index (κ2) is 15.5. The van der Waals surface area contributed by atoms with Gasteiger partial charge in [0.1, 0.15) is 28.5 Å². The zero-order valence-corrected chi connectivity index (χ0v) is 29.1. The molecule has 1 unspecified atom stereocenters. The van der Waals surface area contributed by atoms with E-state index in [1.165, 1.54) is 30.6 Å². The summed E-state index contributed by atoms with van der Waals surface area (Å²) in [6, 6.07) is 14.0. The summed E-state index contributed by atoms with van der Waals surface area (Å²) in [7, 11) is -2.36. The lowest BCUT2D eigenvalue weighted by Crippen LogP contribution is -2.42. The number of anilines is 2. The van der Waals surface area contributed by atoms with Crippen LogP contribution < -0.4 is 14.5 Å². The van der Waals surface area contributed by atoms with Gasteiger partial charge in [-0.2, -0.15) is 0 Å². The number of ether oxygens (including phenoxy) is 2. The molecule has 1 N–H and O–H groups in total. The number of hydrogen-bond donors (Lipinski definition) is 1. The Kier molecular flexibility index (Phi) is 12.2. The monoisotopic (exact) mass is 667 g/mol. The number of nitrogens with one attached hydrogen (secondary N) is 1. The van der Waals surface area contributed by atoms with Crippen molar-refractivity contribution in [3.63, 3.8) is 0 Å². The molecule has 47 heavy (non-hydrogen) atoms. The Morgan fingerprint density at radius 2 is 1.57 bits per heavy atom. The molecule has 3 aromatic rings. The number of aromatic nitrogens is 2. The highest BCUT2D eigenvalue weighted by Gasteiger charge is 2.30. The maximum atomic E-state index is 13.5. The third-order valence-corrected chi connectivity index (χ3v) is 8.01. The predicted molar refractivity (Wildman–Crippen MR) is 179 cm³/mol. The molecule has 0 spiro atoms. The molecule has 0 aliphatic carbocycles. The Morgan fingerprint density at radius 3 is 2.15 bits per heavy atom. The first-order chi connectivity index (χ1) is 21.9. The Hall–Kier alpha value is -4.36. The third-order valence-electron chi connectivity index (χ3n) is 6.55. The van der Waals surface area contributed by atoms with E-state index in [0.29, 0.717) is 12.1 Å². The molecule has 0 saturated carbocycles. The van der Waals surface area contributed by atoms with Crippen molar-refractivity contribution < 1.29 is 32.3 Å². The number of nitrogens with zero attached hydrogens (tertiary/aromatic N) is 4. The summed E-state index contributed by atoms with van der Waals surface area (Å²) in [4.78, 5) is 49.8. The number of pyridine rings is 2. The van der Waals surface area contributed by atoms with Crippen LogP contribution >= 0.6 is 0 Å². The smallest absolute Gasteiger partial charge is 0.416 e. The first kappa shape index (κ1) is 37.1. The summed E-state index contributed by atoms with van der Waals surface area (Å²) < 4.78 is 40.7. The van der Waals surface area contributed by atoms with E-state index in [1.54, 1.807) is 77.8 Å². The van der Waals surface area contributed by atoms with Crippen molar-refractivity contribution in [3.8, 4) is 0 Å². The average Bonchev–Trinajstić information content (AvgIpc) is 2.98. The first-order valence-corrected chi connectivity index (χ1v) is 16.8. The molecule has 3 rings (SSSR count). The number of carbonyl (C=O) groups excluding carboxylic acids is 3. The highest BCUT2D eigenvalue weighted by atomic mass is 32.2. The number of esters is 1. The lowest BCUT2D eigenvalue weighted by molar-refractivity contribution is -0.153. The van der Waals surface area contributed by atoms with Crippen LogP contribution in [0.3, 0.4) is 0 Å². The molecule has 0 bridgehead atoms. The second-order valence-electron chi connectivity index (χ2n) is 13.0. The lowest BCUT2D eigenvalue weighted by Gasteiger charge is -2.28. The summed E-state index contributed by atoms with van der Waals surface area (Å²) in [5.41, 5.74) is 0.0790. The van der Waals surface area contributed by atoms with Crippen LogP contribution in [0.5, 0.6) is 0 Å². The minimum atomic E-state index is -4.06. The highest BCUT2D eigenvalue weighted by molar-refractivity contribution is 7.89. The summed E-state index contributed by atoms with van der Waals surface area (Å²) in [6.45, 7) is 11.7. The van der Waals surface area contributed by atoms with Crippen molar-refractivity contribution in [2.24, 2.45) is 0 Å². The zero-order valence-electron chi connectivity index (χ0n) is 28.3. The number of rotatable bonds is 12. The van der Waals surface area contributed by atoms with Crippen LogP contribution in [-0.4, -0.2) is 61.2 Å². The molecule has 1 atom stereocenters. The minimum Gasteiger partial charge on any atom is -0.459 e. The van der Waals surface area contributed by atoms with Crippen LogP contribution in [0.25, 0.3) is 0 Å². The van der Waals surface area contributed by atoms with Crippen molar-refractivity contribution >= 4 is 39.5 Å². The van der Waals surface area contributed by atoms with Crippen molar-refractivity contribution in [2.75, 3.05) is 23.4 Å². The summed E-state index contributed by atoms with van der Waals surface area (Å²) in [5, 5.41) is 0. The van der Waals surface area contributed by atoms with Gasteiger partial charge in [-0.05, 0) is 96.3 Å². The van der Waals surface area contributed by atoms with Crippen molar-refractivity contribution in [2.45, 2.75) is 89.9 Å². The van der Waals surface area contributed by atoms with Crippen LogP contribution in [0, 0.1) is 0 Å². The average molecular weight is 668 g/mol. The lowest BCUT2D eigenvalue weighted by atomic mass is 10.0. The number of benzene rings is 1. The molecule has 2 amide bonds. The third kappa shape index (κ3) is 11.4. The van der Waals surface area contributed by atoms with Crippen molar-refractivity contribution in [1.29, 1.82) is 0 Å². The van der Waals surface area contributed by atoms with Crippen LogP contribution in [0.15, 0.2) is 71.9 Å². The van der Waals surface area contributed by atoms with Gasteiger partial charge in [0.2, 0.25) is 15.9 Å². The van der Waals surface area contributed by atoms with Crippen molar-refractivity contribution in [3.05, 3.63) is 78.2 Å². The molecule has 254 valence electrons. The molecule has 0 aliphatic rings. The normalized spacial score (nSPS) is 12.6. The molecular weight excluding hydrogens is 622 g/mol. The number of sulfonamides is 1. The van der Waals surface area contributed by atoms with E-state index in [4.69, 9.17) is 9.47 Å². The van der Waals surface area contributed by atoms with E-state index in [0.717, 1.165) is 16.9 Å². The molecule has 0 saturated heterocycles. The van der Waals surface area contributed by atoms with Crippen LogP contribution in [0.4, 0.5) is 16.3 Å². The first-order valence-electron chi connectivity index (χ1n) is 15.4. The molecule has 13 heteroatoms. The van der Waals surface area contributed by atoms with Gasteiger partial charge in [0.25, 0.3) is 0 Å². The Morgan fingerprint density at radius 1 is 0.915 bits per heavy atom. The Bertz CT molecular complexity index is 1630. The van der Waals surface area contributed by atoms with Gasteiger partial charge in [-0.25, -0.2) is 22.9 Å².